The Morgan fingerprint density at radius 2 is 1.86 bits per heavy atom. The van der Waals surface area contributed by atoms with Crippen LogP contribution in [0.1, 0.15) is 41.6 Å². The van der Waals surface area contributed by atoms with E-state index in [-0.39, 0.29) is 5.91 Å². The van der Waals surface area contributed by atoms with Crippen LogP contribution in [-0.4, -0.2) is 43.5 Å². The third-order valence-electron chi connectivity index (χ3n) is 4.01. The molecular formula is C17H24N2O3. The number of amides is 1. The summed E-state index contributed by atoms with van der Waals surface area (Å²) in [5.74, 6) is -0.518. The molecule has 1 aromatic rings. The molecule has 0 bridgehead atoms. The van der Waals surface area contributed by atoms with E-state index in [1.165, 1.54) is 20.0 Å². The van der Waals surface area contributed by atoms with Gasteiger partial charge in [-0.25, -0.2) is 4.79 Å². The number of para-hydroxylation sites is 1. The van der Waals surface area contributed by atoms with Crippen molar-refractivity contribution in [1.82, 2.24) is 4.90 Å². The maximum atomic E-state index is 12.3. The minimum atomic E-state index is -0.436. The molecule has 1 saturated heterocycles. The van der Waals surface area contributed by atoms with Crippen molar-refractivity contribution in [3.05, 3.63) is 29.3 Å². The molecule has 1 heterocycles. The van der Waals surface area contributed by atoms with E-state index in [1.54, 1.807) is 12.1 Å². The van der Waals surface area contributed by atoms with Crippen LogP contribution in [0.2, 0.25) is 0 Å². The molecule has 120 valence electrons. The number of carbonyl (C=O) groups is 2. The number of hydrogen-bond acceptors (Lipinski definition) is 4. The van der Waals surface area contributed by atoms with Gasteiger partial charge in [0, 0.05) is 0 Å². The van der Waals surface area contributed by atoms with Gasteiger partial charge in [-0.3, -0.25) is 9.69 Å². The number of methoxy groups -OCH3 is 1. The molecule has 0 unspecified atom stereocenters. The first kappa shape index (κ1) is 16.5. The highest BCUT2D eigenvalue weighted by Crippen LogP contribution is 2.21. The maximum Gasteiger partial charge on any atom is 0.339 e. The summed E-state index contributed by atoms with van der Waals surface area (Å²) in [6.45, 7) is 4.17. The lowest BCUT2D eigenvalue weighted by molar-refractivity contribution is -0.117. The van der Waals surface area contributed by atoms with Gasteiger partial charge >= 0.3 is 5.97 Å². The monoisotopic (exact) mass is 304 g/mol. The molecule has 0 radical (unpaired) electrons. The van der Waals surface area contributed by atoms with Gasteiger partial charge in [-0.15, -0.1) is 0 Å². The van der Waals surface area contributed by atoms with E-state index in [4.69, 9.17) is 4.74 Å². The zero-order chi connectivity index (χ0) is 15.9. The molecule has 5 heteroatoms. The van der Waals surface area contributed by atoms with E-state index in [9.17, 15) is 9.59 Å². The van der Waals surface area contributed by atoms with Gasteiger partial charge in [0.25, 0.3) is 0 Å². The minimum absolute atomic E-state index is 0.0821. The van der Waals surface area contributed by atoms with Crippen molar-refractivity contribution in [2.75, 3.05) is 32.1 Å². The largest absolute Gasteiger partial charge is 0.465 e. The third-order valence-corrected chi connectivity index (χ3v) is 4.01. The summed E-state index contributed by atoms with van der Waals surface area (Å²) in [4.78, 5) is 26.3. The summed E-state index contributed by atoms with van der Waals surface area (Å²) in [7, 11) is 1.34. The van der Waals surface area contributed by atoms with Gasteiger partial charge in [-0.05, 0) is 44.5 Å². The highest BCUT2D eigenvalue weighted by atomic mass is 16.5. The fraction of sp³-hybridized carbons (Fsp3) is 0.529. The molecule has 1 amide bonds. The van der Waals surface area contributed by atoms with Gasteiger partial charge in [0.15, 0.2) is 0 Å². The Morgan fingerprint density at radius 1 is 1.18 bits per heavy atom. The van der Waals surface area contributed by atoms with E-state index < -0.39 is 5.97 Å². The fourth-order valence-corrected chi connectivity index (χ4v) is 2.79. The van der Waals surface area contributed by atoms with Crippen LogP contribution in [0, 0.1) is 6.92 Å². The van der Waals surface area contributed by atoms with Crippen LogP contribution in [-0.2, 0) is 9.53 Å². The van der Waals surface area contributed by atoms with Crippen LogP contribution in [0.25, 0.3) is 0 Å². The van der Waals surface area contributed by atoms with Crippen molar-refractivity contribution in [2.45, 2.75) is 32.6 Å². The molecule has 1 fully saturated rings. The van der Waals surface area contributed by atoms with Gasteiger partial charge in [-0.2, -0.15) is 0 Å². The zero-order valence-corrected chi connectivity index (χ0v) is 13.4. The molecule has 22 heavy (non-hydrogen) atoms. The minimum Gasteiger partial charge on any atom is -0.465 e. The number of nitrogens with one attached hydrogen (secondary N) is 1. The molecule has 0 aliphatic carbocycles. The smallest absolute Gasteiger partial charge is 0.339 e. The van der Waals surface area contributed by atoms with E-state index in [1.807, 2.05) is 13.0 Å². The Morgan fingerprint density at radius 3 is 2.50 bits per heavy atom. The SMILES string of the molecule is COC(=O)c1cccc(C)c1NC(=O)CN1CCCCCC1. The van der Waals surface area contributed by atoms with Gasteiger partial charge in [0.1, 0.15) is 0 Å². The number of aryl methyl sites for hydroxylation is 1. The molecular weight excluding hydrogens is 280 g/mol. The number of nitrogens with zero attached hydrogens (tertiary/aromatic N) is 1. The lowest BCUT2D eigenvalue weighted by Gasteiger charge is -2.20. The molecule has 1 N–H and O–H groups in total. The van der Waals surface area contributed by atoms with Crippen LogP contribution in [0.15, 0.2) is 18.2 Å². The summed E-state index contributed by atoms with van der Waals surface area (Å²) in [6, 6.07) is 5.32. The summed E-state index contributed by atoms with van der Waals surface area (Å²) >= 11 is 0. The first-order valence-corrected chi connectivity index (χ1v) is 7.82. The summed E-state index contributed by atoms with van der Waals surface area (Å²) in [5.41, 5.74) is 1.80. The Balaban J connectivity index is 2.06. The third kappa shape index (κ3) is 4.31. The molecule has 0 saturated carbocycles. The summed E-state index contributed by atoms with van der Waals surface area (Å²) in [5, 5.41) is 2.88. The van der Waals surface area contributed by atoms with Crippen LogP contribution in [0.4, 0.5) is 5.69 Å². The molecule has 0 spiro atoms. The summed E-state index contributed by atoms with van der Waals surface area (Å²) < 4.78 is 4.78. The van der Waals surface area contributed by atoms with Crippen molar-refractivity contribution in [3.8, 4) is 0 Å². The molecule has 5 nitrogen and oxygen atoms in total. The quantitative estimate of drug-likeness (QED) is 0.869. The second kappa shape index (κ2) is 7.94. The summed E-state index contributed by atoms with van der Waals surface area (Å²) in [6.07, 6.45) is 4.76. The standard InChI is InChI=1S/C17H24N2O3/c1-13-8-7-9-14(17(21)22-2)16(13)18-15(20)12-19-10-5-3-4-6-11-19/h7-9H,3-6,10-12H2,1-2H3,(H,18,20). The fourth-order valence-electron chi connectivity index (χ4n) is 2.79. The Bertz CT molecular complexity index is 535. The maximum absolute atomic E-state index is 12.3. The second-order valence-corrected chi connectivity index (χ2v) is 5.73. The van der Waals surface area contributed by atoms with Crippen molar-refractivity contribution >= 4 is 17.6 Å². The van der Waals surface area contributed by atoms with Gasteiger partial charge in [-0.1, -0.05) is 25.0 Å². The molecule has 0 atom stereocenters. The zero-order valence-electron chi connectivity index (χ0n) is 13.4. The number of anilines is 1. The Hall–Kier alpha value is -1.88. The Kier molecular flexibility index (Phi) is 5.95. The number of esters is 1. The van der Waals surface area contributed by atoms with Crippen molar-refractivity contribution in [2.24, 2.45) is 0 Å². The van der Waals surface area contributed by atoms with Gasteiger partial charge in [0.2, 0.25) is 5.91 Å². The van der Waals surface area contributed by atoms with E-state index in [0.717, 1.165) is 31.5 Å². The average molecular weight is 304 g/mol. The molecule has 1 aliphatic heterocycles. The highest BCUT2D eigenvalue weighted by molar-refractivity contribution is 6.02. The lowest BCUT2D eigenvalue weighted by Crippen LogP contribution is -2.34. The van der Waals surface area contributed by atoms with Crippen LogP contribution < -0.4 is 5.32 Å². The number of ether oxygens (including phenoxy) is 1. The Labute approximate surface area is 131 Å². The van der Waals surface area contributed by atoms with E-state index in [2.05, 4.69) is 10.2 Å². The number of hydrogen-bond donors (Lipinski definition) is 1. The number of likely N-dealkylation sites (tertiary alicyclic amines) is 1. The van der Waals surface area contributed by atoms with Crippen molar-refractivity contribution in [1.29, 1.82) is 0 Å². The lowest BCUT2D eigenvalue weighted by atomic mass is 10.1. The topological polar surface area (TPSA) is 58.6 Å². The van der Waals surface area contributed by atoms with Gasteiger partial charge < -0.3 is 10.1 Å². The van der Waals surface area contributed by atoms with Crippen molar-refractivity contribution < 1.29 is 14.3 Å². The average Bonchev–Trinajstić information content (AvgIpc) is 2.77. The molecule has 2 rings (SSSR count). The molecule has 1 aromatic carbocycles. The predicted octanol–water partition coefficient (Wildman–Crippen LogP) is 2.60. The first-order valence-electron chi connectivity index (χ1n) is 7.82. The normalized spacial score (nSPS) is 15.9. The number of carbonyl (C=O) groups excluding carboxylic acids is 2. The first-order chi connectivity index (χ1) is 10.6. The van der Waals surface area contributed by atoms with Crippen LogP contribution in [0.5, 0.6) is 0 Å². The predicted molar refractivity (Wildman–Crippen MR) is 86.1 cm³/mol. The highest BCUT2D eigenvalue weighted by Gasteiger charge is 2.18. The van der Waals surface area contributed by atoms with Crippen LogP contribution in [0.3, 0.4) is 0 Å². The van der Waals surface area contributed by atoms with E-state index >= 15 is 0 Å². The number of benzene rings is 1. The number of rotatable bonds is 4. The van der Waals surface area contributed by atoms with E-state index in [0.29, 0.717) is 17.8 Å². The molecule has 1 aliphatic rings. The van der Waals surface area contributed by atoms with Crippen molar-refractivity contribution in [3.63, 3.8) is 0 Å². The molecule has 0 aromatic heterocycles. The second-order valence-electron chi connectivity index (χ2n) is 5.73. The van der Waals surface area contributed by atoms with Gasteiger partial charge in [0.05, 0.1) is 24.9 Å². The van der Waals surface area contributed by atoms with Crippen LogP contribution >= 0.6 is 0 Å².